The van der Waals surface area contributed by atoms with Gasteiger partial charge in [-0.3, -0.25) is 9.69 Å². The summed E-state index contributed by atoms with van der Waals surface area (Å²) in [7, 11) is 0. The Balaban J connectivity index is 1.94. The number of benzene rings is 1. The summed E-state index contributed by atoms with van der Waals surface area (Å²) in [6.07, 6.45) is 0. The zero-order valence-electron chi connectivity index (χ0n) is 14.4. The van der Waals surface area contributed by atoms with E-state index in [0.29, 0.717) is 11.1 Å². The van der Waals surface area contributed by atoms with Gasteiger partial charge in [0.2, 0.25) is 0 Å². The smallest absolute Gasteiger partial charge is 0.250 e. The molecule has 1 aromatic carbocycles. The molecule has 1 aliphatic rings. The number of hydrogen-bond donors (Lipinski definition) is 1. The minimum atomic E-state index is -0.430. The highest BCUT2D eigenvalue weighted by Gasteiger charge is 2.18. The summed E-state index contributed by atoms with van der Waals surface area (Å²) in [5.41, 5.74) is 9.35. The van der Waals surface area contributed by atoms with Crippen LogP contribution in [0.3, 0.4) is 0 Å². The van der Waals surface area contributed by atoms with Crippen molar-refractivity contribution in [2.45, 2.75) is 13.5 Å². The SMILES string of the molecule is Cc1c(C(N)=O)cc(-c2cccc(C#N)c2)n1CCN1CCOCC1. The van der Waals surface area contributed by atoms with Gasteiger partial charge in [0.1, 0.15) is 0 Å². The predicted octanol–water partition coefficient (Wildman–Crippen LogP) is 1.77. The highest BCUT2D eigenvalue weighted by Crippen LogP contribution is 2.26. The number of nitriles is 1. The average molecular weight is 338 g/mol. The van der Waals surface area contributed by atoms with E-state index in [-0.39, 0.29) is 0 Å². The topological polar surface area (TPSA) is 84.3 Å². The van der Waals surface area contributed by atoms with Crippen molar-refractivity contribution in [3.63, 3.8) is 0 Å². The molecule has 130 valence electrons. The minimum absolute atomic E-state index is 0.430. The van der Waals surface area contributed by atoms with Gasteiger partial charge < -0.3 is 15.0 Å². The van der Waals surface area contributed by atoms with E-state index >= 15 is 0 Å². The quantitative estimate of drug-likeness (QED) is 0.900. The Labute approximate surface area is 147 Å². The molecule has 6 heteroatoms. The van der Waals surface area contributed by atoms with Gasteiger partial charge in [0.15, 0.2) is 0 Å². The highest BCUT2D eigenvalue weighted by atomic mass is 16.5. The molecular formula is C19H22N4O2. The van der Waals surface area contributed by atoms with E-state index in [1.807, 2.05) is 31.2 Å². The summed E-state index contributed by atoms with van der Waals surface area (Å²) in [5, 5.41) is 9.15. The van der Waals surface area contributed by atoms with Crippen molar-refractivity contribution >= 4 is 5.91 Å². The molecule has 2 N–H and O–H groups in total. The van der Waals surface area contributed by atoms with Crippen molar-refractivity contribution < 1.29 is 9.53 Å². The van der Waals surface area contributed by atoms with E-state index in [4.69, 9.17) is 15.7 Å². The first-order valence-corrected chi connectivity index (χ1v) is 8.40. The molecule has 1 saturated heterocycles. The predicted molar refractivity (Wildman–Crippen MR) is 95.1 cm³/mol. The molecule has 1 amide bonds. The third-order valence-corrected chi connectivity index (χ3v) is 4.66. The van der Waals surface area contributed by atoms with Crippen LogP contribution >= 0.6 is 0 Å². The average Bonchev–Trinajstić information content (AvgIpc) is 2.97. The molecule has 1 aromatic heterocycles. The van der Waals surface area contributed by atoms with Gasteiger partial charge >= 0.3 is 0 Å². The number of ether oxygens (including phenoxy) is 1. The second kappa shape index (κ2) is 7.51. The molecule has 25 heavy (non-hydrogen) atoms. The maximum absolute atomic E-state index is 11.8. The van der Waals surface area contributed by atoms with Crippen LogP contribution in [0.15, 0.2) is 30.3 Å². The molecular weight excluding hydrogens is 316 g/mol. The molecule has 0 aliphatic carbocycles. The summed E-state index contributed by atoms with van der Waals surface area (Å²) in [5.74, 6) is -0.430. The molecule has 1 fully saturated rings. The molecule has 6 nitrogen and oxygen atoms in total. The highest BCUT2D eigenvalue weighted by molar-refractivity contribution is 5.95. The standard InChI is InChI=1S/C19H22N4O2/c1-14-17(19(21)24)12-18(16-4-2-3-15(11-16)13-20)23(14)6-5-22-7-9-25-10-8-22/h2-4,11-12H,5-10H2,1H3,(H2,21,24). The molecule has 0 bridgehead atoms. The van der Waals surface area contributed by atoms with E-state index in [2.05, 4.69) is 15.5 Å². The van der Waals surface area contributed by atoms with E-state index < -0.39 is 5.91 Å². The van der Waals surface area contributed by atoms with Crippen LogP contribution in [-0.2, 0) is 11.3 Å². The molecule has 1 aliphatic heterocycles. The number of nitrogens with zero attached hydrogens (tertiary/aromatic N) is 3. The molecule has 0 atom stereocenters. The Bertz CT molecular complexity index is 813. The van der Waals surface area contributed by atoms with Crippen molar-refractivity contribution in [3.05, 3.63) is 47.2 Å². The van der Waals surface area contributed by atoms with E-state index in [0.717, 1.165) is 56.3 Å². The van der Waals surface area contributed by atoms with Crippen LogP contribution in [0.2, 0.25) is 0 Å². The Kier molecular flexibility index (Phi) is 5.17. The molecule has 0 radical (unpaired) electrons. The van der Waals surface area contributed by atoms with E-state index in [1.54, 1.807) is 6.07 Å². The lowest BCUT2D eigenvalue weighted by Gasteiger charge is -2.27. The van der Waals surface area contributed by atoms with Gasteiger partial charge in [-0.25, -0.2) is 0 Å². The molecule has 2 aromatic rings. The molecule has 2 heterocycles. The lowest BCUT2D eigenvalue weighted by atomic mass is 10.1. The first-order valence-electron chi connectivity index (χ1n) is 8.40. The molecule has 3 rings (SSSR count). The van der Waals surface area contributed by atoms with Crippen LogP contribution < -0.4 is 5.73 Å². The number of hydrogen-bond acceptors (Lipinski definition) is 4. The normalized spacial score (nSPS) is 15.0. The van der Waals surface area contributed by atoms with Crippen LogP contribution in [0.25, 0.3) is 11.3 Å². The lowest BCUT2D eigenvalue weighted by molar-refractivity contribution is 0.0364. The number of aromatic nitrogens is 1. The number of primary amides is 1. The van der Waals surface area contributed by atoms with Gasteiger partial charge in [-0.1, -0.05) is 12.1 Å². The van der Waals surface area contributed by atoms with Gasteiger partial charge in [0.05, 0.1) is 30.4 Å². The number of carbonyl (C=O) groups is 1. The Hall–Kier alpha value is -2.62. The summed E-state index contributed by atoms with van der Waals surface area (Å²) in [6, 6.07) is 11.4. The molecule has 0 unspecified atom stereocenters. The van der Waals surface area contributed by atoms with Gasteiger partial charge in [-0.15, -0.1) is 0 Å². The van der Waals surface area contributed by atoms with Crippen molar-refractivity contribution in [1.82, 2.24) is 9.47 Å². The maximum atomic E-state index is 11.8. The number of morpholine rings is 1. The Morgan fingerprint density at radius 3 is 2.72 bits per heavy atom. The summed E-state index contributed by atoms with van der Waals surface area (Å²) in [4.78, 5) is 14.1. The monoisotopic (exact) mass is 338 g/mol. The summed E-state index contributed by atoms with van der Waals surface area (Å²) in [6.45, 7) is 6.90. The third kappa shape index (κ3) is 3.73. The molecule has 0 saturated carbocycles. The van der Waals surface area contributed by atoms with E-state index in [9.17, 15) is 4.79 Å². The van der Waals surface area contributed by atoms with Crippen LogP contribution in [0, 0.1) is 18.3 Å². The number of nitrogens with two attached hydrogens (primary N) is 1. The largest absolute Gasteiger partial charge is 0.379 e. The second-order valence-electron chi connectivity index (χ2n) is 6.19. The van der Waals surface area contributed by atoms with Crippen molar-refractivity contribution in [3.8, 4) is 17.3 Å². The number of amides is 1. The number of carbonyl (C=O) groups excluding carboxylic acids is 1. The van der Waals surface area contributed by atoms with Crippen LogP contribution in [0.1, 0.15) is 21.6 Å². The molecule has 0 spiro atoms. The Morgan fingerprint density at radius 2 is 2.04 bits per heavy atom. The first-order chi connectivity index (χ1) is 12.1. The van der Waals surface area contributed by atoms with Gasteiger partial charge in [0, 0.05) is 37.6 Å². The minimum Gasteiger partial charge on any atom is -0.379 e. The second-order valence-corrected chi connectivity index (χ2v) is 6.19. The lowest BCUT2D eigenvalue weighted by Crippen LogP contribution is -2.38. The zero-order chi connectivity index (χ0) is 17.8. The van der Waals surface area contributed by atoms with Crippen LogP contribution in [0.4, 0.5) is 0 Å². The van der Waals surface area contributed by atoms with Crippen molar-refractivity contribution in [2.75, 3.05) is 32.8 Å². The van der Waals surface area contributed by atoms with Gasteiger partial charge in [-0.05, 0) is 30.7 Å². The van der Waals surface area contributed by atoms with Crippen molar-refractivity contribution in [2.24, 2.45) is 5.73 Å². The van der Waals surface area contributed by atoms with Gasteiger partial charge in [0.25, 0.3) is 5.91 Å². The van der Waals surface area contributed by atoms with E-state index in [1.165, 1.54) is 0 Å². The summed E-state index contributed by atoms with van der Waals surface area (Å²) < 4.78 is 7.51. The fourth-order valence-electron chi connectivity index (χ4n) is 3.24. The number of rotatable bonds is 5. The van der Waals surface area contributed by atoms with Crippen molar-refractivity contribution in [1.29, 1.82) is 5.26 Å². The first kappa shape index (κ1) is 17.2. The van der Waals surface area contributed by atoms with Crippen LogP contribution in [-0.4, -0.2) is 48.2 Å². The van der Waals surface area contributed by atoms with Crippen LogP contribution in [0.5, 0.6) is 0 Å². The summed E-state index contributed by atoms with van der Waals surface area (Å²) >= 11 is 0. The van der Waals surface area contributed by atoms with Gasteiger partial charge in [-0.2, -0.15) is 5.26 Å². The maximum Gasteiger partial charge on any atom is 0.250 e. The third-order valence-electron chi connectivity index (χ3n) is 4.66. The zero-order valence-corrected chi connectivity index (χ0v) is 14.4. The fraction of sp³-hybridized carbons (Fsp3) is 0.368. The fourth-order valence-corrected chi connectivity index (χ4v) is 3.24. The Morgan fingerprint density at radius 1 is 1.28 bits per heavy atom.